The Morgan fingerprint density at radius 3 is 1.84 bits per heavy atom. The third-order valence-corrected chi connectivity index (χ3v) is 4.88. The third-order valence-electron chi connectivity index (χ3n) is 4.60. The second-order valence-electron chi connectivity index (χ2n) is 5.43. The van der Waals surface area contributed by atoms with Gasteiger partial charge >= 0.3 is 0 Å². The Morgan fingerprint density at radius 2 is 1.37 bits per heavy atom. The predicted molar refractivity (Wildman–Crippen MR) is 75.5 cm³/mol. The van der Waals surface area contributed by atoms with E-state index in [1.165, 1.54) is 22.3 Å². The molecule has 2 aromatic carbocycles. The molecule has 0 heterocycles. The molecule has 0 saturated heterocycles. The van der Waals surface area contributed by atoms with Crippen molar-refractivity contribution in [3.63, 3.8) is 0 Å². The molecule has 19 heavy (non-hydrogen) atoms. The molecule has 2 bridgehead atoms. The molecule has 3 aliphatic carbocycles. The molecule has 0 amide bonds. The molecule has 1 nitrogen and oxygen atoms in total. The Kier molecular flexibility index (Phi) is 2.33. The zero-order chi connectivity index (χ0) is 13.0. The predicted octanol–water partition coefficient (Wildman–Crippen LogP) is 4.05. The van der Waals surface area contributed by atoms with E-state index in [1.807, 2.05) is 0 Å². The summed E-state index contributed by atoms with van der Waals surface area (Å²) < 4.78 is 0. The van der Waals surface area contributed by atoms with Crippen molar-refractivity contribution in [3.8, 4) is 0 Å². The summed E-state index contributed by atoms with van der Waals surface area (Å²) in [5.41, 5.74) is 5.33. The van der Waals surface area contributed by atoms with Crippen LogP contribution >= 0.6 is 11.6 Å². The molecule has 0 radical (unpaired) electrons. The van der Waals surface area contributed by atoms with E-state index < -0.39 is 0 Å². The van der Waals surface area contributed by atoms with Crippen LogP contribution in [0.4, 0.5) is 0 Å². The van der Waals surface area contributed by atoms with E-state index in [9.17, 15) is 4.79 Å². The van der Waals surface area contributed by atoms with Gasteiger partial charge in [0.2, 0.25) is 5.24 Å². The smallest absolute Gasteiger partial charge is 0.225 e. The lowest BCUT2D eigenvalue weighted by atomic mass is 9.59. The first-order valence-electron chi connectivity index (χ1n) is 6.64. The second kappa shape index (κ2) is 3.94. The average Bonchev–Trinajstić information content (AvgIpc) is 2.47. The highest BCUT2D eigenvalue weighted by Crippen LogP contribution is 2.55. The Morgan fingerprint density at radius 1 is 0.895 bits per heavy atom. The Labute approximate surface area is 117 Å². The highest BCUT2D eigenvalue weighted by molar-refractivity contribution is 6.64. The van der Waals surface area contributed by atoms with Crippen LogP contribution in [0.3, 0.4) is 0 Å². The molecule has 0 aliphatic heterocycles. The molecule has 2 aromatic rings. The molecule has 0 fully saturated rings. The van der Waals surface area contributed by atoms with Gasteiger partial charge in [0.25, 0.3) is 0 Å². The van der Waals surface area contributed by atoms with Crippen molar-refractivity contribution in [1.82, 2.24) is 0 Å². The lowest BCUT2D eigenvalue weighted by Gasteiger charge is -2.44. The summed E-state index contributed by atoms with van der Waals surface area (Å²) in [6.07, 6.45) is 0.848. The minimum atomic E-state index is -0.195. The molecular weight excluding hydrogens is 256 g/mol. The molecule has 0 spiro atoms. The zero-order valence-electron chi connectivity index (χ0n) is 10.3. The van der Waals surface area contributed by atoms with Crippen molar-refractivity contribution in [1.29, 1.82) is 0 Å². The van der Waals surface area contributed by atoms with Gasteiger partial charge in [-0.05, 0) is 40.3 Å². The molecule has 0 N–H and O–H groups in total. The van der Waals surface area contributed by atoms with E-state index in [0.717, 1.165) is 6.42 Å². The summed E-state index contributed by atoms with van der Waals surface area (Å²) in [5.74, 6) is 0.393. The van der Waals surface area contributed by atoms with Gasteiger partial charge in [0.05, 0.1) is 0 Å². The fourth-order valence-corrected chi connectivity index (χ4v) is 4.07. The average molecular weight is 269 g/mol. The summed E-state index contributed by atoms with van der Waals surface area (Å²) in [4.78, 5) is 11.8. The number of carbonyl (C=O) groups is 1. The van der Waals surface area contributed by atoms with Crippen molar-refractivity contribution in [2.45, 2.75) is 18.3 Å². The maximum absolute atomic E-state index is 11.8. The lowest BCUT2D eigenvalue weighted by molar-refractivity contribution is -0.116. The normalized spacial score (nSPS) is 26.7. The van der Waals surface area contributed by atoms with Crippen molar-refractivity contribution in [3.05, 3.63) is 70.8 Å². The van der Waals surface area contributed by atoms with Gasteiger partial charge in [-0.1, -0.05) is 48.5 Å². The van der Waals surface area contributed by atoms with Crippen molar-refractivity contribution >= 4 is 16.8 Å². The number of hydrogen-bond donors (Lipinski definition) is 0. The van der Waals surface area contributed by atoms with Gasteiger partial charge in [-0.3, -0.25) is 4.79 Å². The van der Waals surface area contributed by atoms with E-state index in [1.54, 1.807) is 0 Å². The number of halogens is 1. The van der Waals surface area contributed by atoms with Gasteiger partial charge in [0.15, 0.2) is 0 Å². The molecule has 3 aliphatic rings. The molecule has 94 valence electrons. The fraction of sp³-hybridized carbons (Fsp3) is 0.235. The summed E-state index contributed by atoms with van der Waals surface area (Å²) in [6, 6.07) is 17.0. The SMILES string of the molecule is O=C(Cl)[C@@H]1CC2c3ccccc3C1c1ccccc12. The second-order valence-corrected chi connectivity index (χ2v) is 5.81. The molecule has 2 heteroatoms. The summed E-state index contributed by atoms with van der Waals surface area (Å²) in [6.45, 7) is 0. The van der Waals surface area contributed by atoms with Crippen molar-refractivity contribution in [2.24, 2.45) is 5.92 Å². The number of carbonyl (C=O) groups excluding carboxylic acids is 1. The van der Waals surface area contributed by atoms with Crippen LogP contribution in [-0.4, -0.2) is 5.24 Å². The standard InChI is InChI=1S/C17H13ClO/c18-17(19)15-9-14-10-5-1-3-7-12(10)16(15)13-8-4-2-6-11(13)14/h1-8,14-16H,9H2/t14?,15-,16?/m1/s1. The van der Waals surface area contributed by atoms with E-state index in [4.69, 9.17) is 11.6 Å². The molecule has 5 rings (SSSR count). The molecule has 0 aromatic heterocycles. The maximum atomic E-state index is 11.8. The van der Waals surface area contributed by atoms with Crippen LogP contribution in [0, 0.1) is 5.92 Å². The number of rotatable bonds is 1. The summed E-state index contributed by atoms with van der Waals surface area (Å²) in [5, 5.41) is -0.195. The first-order chi connectivity index (χ1) is 9.27. The third kappa shape index (κ3) is 1.45. The summed E-state index contributed by atoms with van der Waals surface area (Å²) >= 11 is 5.84. The maximum Gasteiger partial charge on any atom is 0.225 e. The first-order valence-corrected chi connectivity index (χ1v) is 7.02. The zero-order valence-corrected chi connectivity index (χ0v) is 11.1. The quantitative estimate of drug-likeness (QED) is 0.713. The molecule has 1 atom stereocenters. The van der Waals surface area contributed by atoms with Crippen LogP contribution in [0.5, 0.6) is 0 Å². The number of hydrogen-bond acceptors (Lipinski definition) is 1. The van der Waals surface area contributed by atoms with E-state index in [2.05, 4.69) is 48.5 Å². The highest BCUT2D eigenvalue weighted by atomic mass is 35.5. The first kappa shape index (κ1) is 11.2. The van der Waals surface area contributed by atoms with Crippen LogP contribution < -0.4 is 0 Å². The monoisotopic (exact) mass is 268 g/mol. The van der Waals surface area contributed by atoms with Crippen LogP contribution in [0.15, 0.2) is 48.5 Å². The van der Waals surface area contributed by atoms with Gasteiger partial charge in [0.1, 0.15) is 0 Å². The van der Waals surface area contributed by atoms with Crippen molar-refractivity contribution in [2.75, 3.05) is 0 Å². The minimum Gasteiger partial charge on any atom is -0.281 e. The lowest BCUT2D eigenvalue weighted by Crippen LogP contribution is -2.34. The fourth-order valence-electron chi connectivity index (χ4n) is 3.86. The largest absolute Gasteiger partial charge is 0.281 e. The van der Waals surface area contributed by atoms with E-state index in [0.29, 0.717) is 5.92 Å². The van der Waals surface area contributed by atoms with Crippen LogP contribution in [0.25, 0.3) is 0 Å². The topological polar surface area (TPSA) is 17.1 Å². The molecule has 0 unspecified atom stereocenters. The van der Waals surface area contributed by atoms with Gasteiger partial charge in [-0.15, -0.1) is 0 Å². The molecular formula is C17H13ClO. The van der Waals surface area contributed by atoms with Gasteiger partial charge < -0.3 is 0 Å². The van der Waals surface area contributed by atoms with Crippen LogP contribution in [0.1, 0.15) is 40.5 Å². The Bertz CT molecular complexity index is 629. The molecule has 0 saturated carbocycles. The number of benzene rings is 2. The Hall–Kier alpha value is -1.60. The van der Waals surface area contributed by atoms with E-state index in [-0.39, 0.29) is 17.1 Å². The van der Waals surface area contributed by atoms with Crippen LogP contribution in [-0.2, 0) is 4.79 Å². The highest BCUT2D eigenvalue weighted by Gasteiger charge is 2.45. The van der Waals surface area contributed by atoms with Gasteiger partial charge in [-0.25, -0.2) is 0 Å². The van der Waals surface area contributed by atoms with Crippen LogP contribution in [0.2, 0.25) is 0 Å². The summed E-state index contributed by atoms with van der Waals surface area (Å²) in [7, 11) is 0. The van der Waals surface area contributed by atoms with Gasteiger partial charge in [0, 0.05) is 17.8 Å². The van der Waals surface area contributed by atoms with Gasteiger partial charge in [-0.2, -0.15) is 0 Å². The minimum absolute atomic E-state index is 0.0727. The number of fused-ring (bicyclic) bond motifs is 1. The van der Waals surface area contributed by atoms with Crippen molar-refractivity contribution < 1.29 is 4.79 Å². The van der Waals surface area contributed by atoms with E-state index >= 15 is 0 Å². The Balaban J connectivity index is 2.01.